The molecule has 0 saturated carbocycles. The number of nitrogens with zero attached hydrogens (tertiary/aromatic N) is 2. The molecule has 120 valence electrons. The summed E-state index contributed by atoms with van der Waals surface area (Å²) in [6, 6.07) is 5.90. The van der Waals surface area contributed by atoms with Crippen molar-refractivity contribution >= 4 is 40.4 Å². The predicted molar refractivity (Wildman–Crippen MR) is 86.7 cm³/mol. The van der Waals surface area contributed by atoms with Gasteiger partial charge in [-0.3, -0.25) is 19.5 Å². The number of hydrogen-bond acceptors (Lipinski definition) is 5. The van der Waals surface area contributed by atoms with Crippen LogP contribution in [0.15, 0.2) is 29.3 Å². The Hall–Kier alpha value is -2.35. The van der Waals surface area contributed by atoms with Crippen LogP contribution in [-0.2, 0) is 9.59 Å². The molecule has 2 amide bonds. The fourth-order valence-corrected chi connectivity index (χ4v) is 3.55. The van der Waals surface area contributed by atoms with Crippen LogP contribution < -0.4 is 5.32 Å². The molecule has 3 rings (SSSR count). The Morgan fingerprint density at radius 2 is 2.04 bits per heavy atom. The third kappa shape index (κ3) is 3.37. The highest BCUT2D eigenvalue weighted by Gasteiger charge is 2.36. The summed E-state index contributed by atoms with van der Waals surface area (Å²) in [5.74, 6) is -1.38. The van der Waals surface area contributed by atoms with Gasteiger partial charge in [-0.2, -0.15) is 0 Å². The Morgan fingerprint density at radius 1 is 1.30 bits per heavy atom. The molecule has 0 aliphatic carbocycles. The van der Waals surface area contributed by atoms with Gasteiger partial charge in [0.25, 0.3) is 0 Å². The van der Waals surface area contributed by atoms with Crippen LogP contribution in [0.3, 0.4) is 0 Å². The Bertz CT molecular complexity index is 686. The number of amidine groups is 1. The van der Waals surface area contributed by atoms with Crippen LogP contribution in [0.2, 0.25) is 0 Å². The van der Waals surface area contributed by atoms with Gasteiger partial charge in [-0.1, -0.05) is 11.8 Å². The van der Waals surface area contributed by atoms with Gasteiger partial charge in [0.1, 0.15) is 5.25 Å². The molecule has 2 aliphatic rings. The lowest BCUT2D eigenvalue weighted by Crippen LogP contribution is -2.47. The van der Waals surface area contributed by atoms with Crippen molar-refractivity contribution in [3.63, 3.8) is 0 Å². The Balaban J connectivity index is 1.67. The van der Waals surface area contributed by atoms with Crippen LogP contribution in [-0.4, -0.2) is 51.3 Å². The van der Waals surface area contributed by atoms with Crippen molar-refractivity contribution in [3.05, 3.63) is 29.8 Å². The maximum absolute atomic E-state index is 12.3. The van der Waals surface area contributed by atoms with E-state index in [1.54, 1.807) is 4.90 Å². The maximum Gasteiger partial charge on any atom is 0.335 e. The summed E-state index contributed by atoms with van der Waals surface area (Å²) in [4.78, 5) is 41.2. The average molecular weight is 333 g/mol. The molecule has 2 heterocycles. The molecule has 1 saturated heterocycles. The maximum atomic E-state index is 12.3. The van der Waals surface area contributed by atoms with Crippen molar-refractivity contribution in [1.82, 2.24) is 4.90 Å². The van der Waals surface area contributed by atoms with Gasteiger partial charge < -0.3 is 10.4 Å². The second-order valence-corrected chi connectivity index (χ2v) is 6.42. The highest BCUT2D eigenvalue weighted by Crippen LogP contribution is 2.29. The van der Waals surface area contributed by atoms with Gasteiger partial charge in [0.15, 0.2) is 5.17 Å². The molecule has 1 atom stereocenters. The number of aromatic carboxylic acids is 1. The van der Waals surface area contributed by atoms with Crippen LogP contribution >= 0.6 is 11.8 Å². The predicted octanol–water partition coefficient (Wildman–Crippen LogP) is 1.42. The molecule has 8 heteroatoms. The van der Waals surface area contributed by atoms with Gasteiger partial charge >= 0.3 is 5.97 Å². The minimum atomic E-state index is -1.02. The molecular formula is C15H15N3O4S. The standard InChI is InChI=1S/C15H15N3O4S/c19-12-8-11(23-15-16-6-1-7-18(12)15)13(20)17-10-4-2-9(3-5-10)14(21)22/h2-5,11H,1,6-8H2,(H,17,20)(H,21,22)/t11-/m1/s1. The number of hydrogen-bond donors (Lipinski definition) is 2. The first-order chi connectivity index (χ1) is 11.0. The first-order valence-electron chi connectivity index (χ1n) is 7.20. The Labute approximate surface area is 136 Å². The summed E-state index contributed by atoms with van der Waals surface area (Å²) in [5, 5.41) is 11.7. The van der Waals surface area contributed by atoms with Gasteiger partial charge in [-0.05, 0) is 30.7 Å². The zero-order valence-corrected chi connectivity index (χ0v) is 13.0. The summed E-state index contributed by atoms with van der Waals surface area (Å²) in [6.45, 7) is 1.34. The number of carbonyl (C=O) groups excluding carboxylic acids is 2. The topological polar surface area (TPSA) is 99.1 Å². The lowest BCUT2D eigenvalue weighted by Gasteiger charge is -2.33. The number of carboxylic acids is 1. The molecular weight excluding hydrogens is 318 g/mol. The number of benzene rings is 1. The SMILES string of the molecule is O=C(O)c1ccc(NC(=O)[C@H]2CC(=O)N3CCCN=C3S2)cc1. The molecule has 1 fully saturated rings. The summed E-state index contributed by atoms with van der Waals surface area (Å²) < 4.78 is 0. The largest absolute Gasteiger partial charge is 0.478 e. The van der Waals surface area contributed by atoms with Gasteiger partial charge in [-0.15, -0.1) is 0 Å². The molecule has 0 aromatic heterocycles. The number of nitrogens with one attached hydrogen (secondary N) is 1. The van der Waals surface area contributed by atoms with Gasteiger partial charge in [0, 0.05) is 25.2 Å². The second-order valence-electron chi connectivity index (χ2n) is 5.25. The van der Waals surface area contributed by atoms with E-state index < -0.39 is 11.2 Å². The molecule has 2 aliphatic heterocycles. The number of fused-ring (bicyclic) bond motifs is 1. The molecule has 0 radical (unpaired) electrons. The molecule has 0 unspecified atom stereocenters. The third-order valence-electron chi connectivity index (χ3n) is 3.62. The van der Waals surface area contributed by atoms with E-state index in [9.17, 15) is 14.4 Å². The lowest BCUT2D eigenvalue weighted by atomic mass is 10.2. The van der Waals surface area contributed by atoms with E-state index >= 15 is 0 Å². The molecule has 23 heavy (non-hydrogen) atoms. The minimum absolute atomic E-state index is 0.0800. The second kappa shape index (κ2) is 6.41. The number of rotatable bonds is 3. The normalized spacial score (nSPS) is 20.5. The third-order valence-corrected chi connectivity index (χ3v) is 4.84. The smallest absolute Gasteiger partial charge is 0.335 e. The van der Waals surface area contributed by atoms with Crippen molar-refractivity contribution in [1.29, 1.82) is 0 Å². The number of carbonyl (C=O) groups is 3. The molecule has 1 aromatic rings. The number of aliphatic imine (C=N–C) groups is 1. The first-order valence-corrected chi connectivity index (χ1v) is 8.08. The van der Waals surface area contributed by atoms with Crippen LogP contribution in [0, 0.1) is 0 Å². The number of anilines is 1. The van der Waals surface area contributed by atoms with Gasteiger partial charge in [0.2, 0.25) is 11.8 Å². The quantitative estimate of drug-likeness (QED) is 0.871. The summed E-state index contributed by atoms with van der Waals surface area (Å²) in [6.07, 6.45) is 0.991. The van der Waals surface area contributed by atoms with Crippen molar-refractivity contribution in [2.75, 3.05) is 18.4 Å². The van der Waals surface area contributed by atoms with E-state index in [0.717, 1.165) is 6.42 Å². The zero-order chi connectivity index (χ0) is 16.4. The minimum Gasteiger partial charge on any atom is -0.478 e. The van der Waals surface area contributed by atoms with E-state index in [2.05, 4.69) is 10.3 Å². The lowest BCUT2D eigenvalue weighted by molar-refractivity contribution is -0.129. The molecule has 7 nitrogen and oxygen atoms in total. The van der Waals surface area contributed by atoms with Gasteiger partial charge in [0.05, 0.1) is 5.56 Å². The molecule has 0 bridgehead atoms. The Morgan fingerprint density at radius 3 is 2.74 bits per heavy atom. The highest BCUT2D eigenvalue weighted by molar-refractivity contribution is 8.15. The number of amides is 2. The van der Waals surface area contributed by atoms with Crippen LogP contribution in [0.5, 0.6) is 0 Å². The molecule has 2 N–H and O–H groups in total. The van der Waals surface area contributed by atoms with Crippen molar-refractivity contribution in [2.45, 2.75) is 18.1 Å². The van der Waals surface area contributed by atoms with Crippen LogP contribution in [0.1, 0.15) is 23.2 Å². The zero-order valence-electron chi connectivity index (χ0n) is 12.2. The molecule has 1 aromatic carbocycles. The van der Waals surface area contributed by atoms with E-state index in [1.165, 1.54) is 36.0 Å². The molecule has 0 spiro atoms. The van der Waals surface area contributed by atoms with Gasteiger partial charge in [-0.25, -0.2) is 4.79 Å². The van der Waals surface area contributed by atoms with Crippen molar-refractivity contribution in [2.24, 2.45) is 4.99 Å². The van der Waals surface area contributed by atoms with Crippen molar-refractivity contribution in [3.8, 4) is 0 Å². The monoisotopic (exact) mass is 333 g/mol. The highest BCUT2D eigenvalue weighted by atomic mass is 32.2. The summed E-state index contributed by atoms with van der Waals surface area (Å²) in [7, 11) is 0. The van der Waals surface area contributed by atoms with E-state index in [-0.39, 0.29) is 23.8 Å². The average Bonchev–Trinajstić information content (AvgIpc) is 2.55. The van der Waals surface area contributed by atoms with Crippen LogP contribution in [0.25, 0.3) is 0 Å². The Kier molecular flexibility index (Phi) is 4.33. The van der Waals surface area contributed by atoms with E-state index in [1.807, 2.05) is 0 Å². The summed E-state index contributed by atoms with van der Waals surface area (Å²) in [5.41, 5.74) is 0.651. The van der Waals surface area contributed by atoms with E-state index in [4.69, 9.17) is 5.11 Å². The fraction of sp³-hybridized carbons (Fsp3) is 0.333. The number of thioether (sulfide) groups is 1. The first kappa shape index (κ1) is 15.5. The van der Waals surface area contributed by atoms with Crippen molar-refractivity contribution < 1.29 is 19.5 Å². The van der Waals surface area contributed by atoms with E-state index in [0.29, 0.717) is 23.9 Å². The number of carboxylic acid groups (broad SMARTS) is 1. The fourth-order valence-electron chi connectivity index (χ4n) is 2.42. The van der Waals surface area contributed by atoms with Crippen LogP contribution in [0.4, 0.5) is 5.69 Å². The summed E-state index contributed by atoms with van der Waals surface area (Å²) >= 11 is 1.30.